The molecule has 1 fully saturated rings. The van der Waals surface area contributed by atoms with Crippen LogP contribution in [0.25, 0.3) is 12.2 Å². The molecule has 5 atom stereocenters. The molecule has 0 radical (unpaired) electrons. The van der Waals surface area contributed by atoms with Crippen molar-refractivity contribution in [3.05, 3.63) is 53.6 Å². The first-order chi connectivity index (χ1) is 13.4. The predicted molar refractivity (Wildman–Crippen MR) is 99.5 cm³/mol. The van der Waals surface area contributed by atoms with E-state index >= 15 is 0 Å². The summed E-state index contributed by atoms with van der Waals surface area (Å²) in [4.78, 5) is 0. The Morgan fingerprint density at radius 2 is 1.43 bits per heavy atom. The zero-order valence-electron chi connectivity index (χ0n) is 14.8. The lowest BCUT2D eigenvalue weighted by Crippen LogP contribution is -2.60. The second-order valence-corrected chi connectivity index (χ2v) is 6.50. The molecule has 0 amide bonds. The molecule has 2 aromatic carbocycles. The van der Waals surface area contributed by atoms with E-state index in [2.05, 4.69) is 0 Å². The molecule has 3 rings (SSSR count). The van der Waals surface area contributed by atoms with E-state index in [0.29, 0.717) is 11.3 Å². The summed E-state index contributed by atoms with van der Waals surface area (Å²) in [6.07, 6.45) is -3.22. The van der Waals surface area contributed by atoms with Gasteiger partial charge in [0.15, 0.2) is 0 Å². The summed E-state index contributed by atoms with van der Waals surface area (Å²) in [5.74, 6) is 0.280. The highest BCUT2D eigenvalue weighted by Crippen LogP contribution is 2.25. The SMILES string of the molecule is OCC1O[C@@H](Oc2ccc(/C=C/c3cc(O)cc(O)c3)cc2)C(O)C(O)[C@@H]1O. The Kier molecular flexibility index (Phi) is 6.18. The van der Waals surface area contributed by atoms with Crippen molar-refractivity contribution in [2.24, 2.45) is 0 Å². The van der Waals surface area contributed by atoms with Gasteiger partial charge in [-0.2, -0.15) is 0 Å². The third kappa shape index (κ3) is 4.61. The molecule has 0 bridgehead atoms. The standard InChI is InChI=1S/C20H22O8/c21-10-16-17(24)18(25)19(26)20(28-16)27-15-5-3-11(4-6-15)1-2-12-7-13(22)9-14(23)8-12/h1-9,16-26H,10H2/b2-1+/t16?,17-,18?,19?,20-/m1/s1. The van der Waals surface area contributed by atoms with E-state index in [1.807, 2.05) is 0 Å². The van der Waals surface area contributed by atoms with Crippen molar-refractivity contribution >= 4 is 12.2 Å². The number of aliphatic hydroxyl groups is 4. The minimum Gasteiger partial charge on any atom is -0.508 e. The normalized spacial score (nSPS) is 27.8. The second kappa shape index (κ2) is 8.59. The van der Waals surface area contributed by atoms with E-state index in [1.165, 1.54) is 18.2 Å². The average molecular weight is 390 g/mol. The van der Waals surface area contributed by atoms with Crippen molar-refractivity contribution in [3.63, 3.8) is 0 Å². The van der Waals surface area contributed by atoms with Crippen LogP contribution in [0.2, 0.25) is 0 Å². The number of hydrogen-bond donors (Lipinski definition) is 6. The molecule has 1 aliphatic rings. The molecule has 150 valence electrons. The maximum atomic E-state index is 10.00. The summed E-state index contributed by atoms with van der Waals surface area (Å²) in [6, 6.07) is 11.0. The summed E-state index contributed by atoms with van der Waals surface area (Å²) in [7, 11) is 0. The van der Waals surface area contributed by atoms with Crippen LogP contribution < -0.4 is 4.74 Å². The third-order valence-corrected chi connectivity index (χ3v) is 4.37. The molecule has 0 aromatic heterocycles. The van der Waals surface area contributed by atoms with Crippen molar-refractivity contribution in [1.29, 1.82) is 0 Å². The summed E-state index contributed by atoms with van der Waals surface area (Å²) in [6.45, 7) is -0.529. The molecule has 6 N–H and O–H groups in total. The molecule has 2 aromatic rings. The van der Waals surface area contributed by atoms with Gasteiger partial charge in [-0.1, -0.05) is 24.3 Å². The van der Waals surface area contributed by atoms with Crippen molar-refractivity contribution in [3.8, 4) is 17.2 Å². The number of hydrogen-bond acceptors (Lipinski definition) is 8. The van der Waals surface area contributed by atoms with Gasteiger partial charge in [0, 0.05) is 6.07 Å². The molecule has 0 spiro atoms. The van der Waals surface area contributed by atoms with E-state index in [-0.39, 0.29) is 11.5 Å². The molecule has 0 aliphatic carbocycles. The topological polar surface area (TPSA) is 140 Å². The molecular weight excluding hydrogens is 368 g/mol. The smallest absolute Gasteiger partial charge is 0.229 e. The quantitative estimate of drug-likeness (QED) is 0.405. The number of phenols is 2. The third-order valence-electron chi connectivity index (χ3n) is 4.37. The lowest BCUT2D eigenvalue weighted by atomic mass is 9.99. The number of aliphatic hydroxyl groups excluding tert-OH is 4. The van der Waals surface area contributed by atoms with E-state index < -0.39 is 37.3 Å². The maximum absolute atomic E-state index is 10.00. The predicted octanol–water partition coefficient (Wildman–Crippen LogP) is 0.447. The van der Waals surface area contributed by atoms with Crippen LogP contribution >= 0.6 is 0 Å². The number of ether oxygens (including phenoxy) is 2. The van der Waals surface area contributed by atoms with Gasteiger partial charge in [0.25, 0.3) is 0 Å². The molecule has 1 aliphatic heterocycles. The molecular formula is C20H22O8. The van der Waals surface area contributed by atoms with Crippen LogP contribution in [0.4, 0.5) is 0 Å². The van der Waals surface area contributed by atoms with Gasteiger partial charge in [-0.05, 0) is 35.4 Å². The second-order valence-electron chi connectivity index (χ2n) is 6.50. The lowest BCUT2D eigenvalue weighted by Gasteiger charge is -2.39. The van der Waals surface area contributed by atoms with E-state index in [9.17, 15) is 30.6 Å². The van der Waals surface area contributed by atoms with Gasteiger partial charge in [0.05, 0.1) is 6.61 Å². The number of rotatable bonds is 5. The Morgan fingerprint density at radius 1 is 0.821 bits per heavy atom. The van der Waals surface area contributed by atoms with E-state index in [0.717, 1.165) is 5.56 Å². The highest BCUT2D eigenvalue weighted by atomic mass is 16.7. The van der Waals surface area contributed by atoms with Gasteiger partial charge in [-0.3, -0.25) is 0 Å². The fraction of sp³-hybridized carbons (Fsp3) is 0.300. The Bertz CT molecular complexity index is 797. The van der Waals surface area contributed by atoms with Crippen LogP contribution in [0.15, 0.2) is 42.5 Å². The van der Waals surface area contributed by atoms with Gasteiger partial charge in [0.2, 0.25) is 6.29 Å². The van der Waals surface area contributed by atoms with Gasteiger partial charge >= 0.3 is 0 Å². The van der Waals surface area contributed by atoms with Crippen LogP contribution in [0, 0.1) is 0 Å². The van der Waals surface area contributed by atoms with Crippen molar-refractivity contribution in [2.45, 2.75) is 30.7 Å². The van der Waals surface area contributed by atoms with Crippen molar-refractivity contribution in [1.82, 2.24) is 0 Å². The van der Waals surface area contributed by atoms with Gasteiger partial charge < -0.3 is 40.1 Å². The van der Waals surface area contributed by atoms with Gasteiger partial charge in [-0.25, -0.2) is 0 Å². The molecule has 1 heterocycles. The van der Waals surface area contributed by atoms with Gasteiger partial charge in [0.1, 0.15) is 41.7 Å². The first kappa shape index (κ1) is 20.1. The molecule has 8 nitrogen and oxygen atoms in total. The first-order valence-corrected chi connectivity index (χ1v) is 8.65. The summed E-state index contributed by atoms with van der Waals surface area (Å²) in [5.41, 5.74) is 1.43. The molecule has 0 saturated carbocycles. The first-order valence-electron chi connectivity index (χ1n) is 8.65. The van der Waals surface area contributed by atoms with Crippen LogP contribution in [0.1, 0.15) is 11.1 Å². The zero-order valence-corrected chi connectivity index (χ0v) is 14.8. The number of benzene rings is 2. The van der Waals surface area contributed by atoms with Crippen LogP contribution in [0.3, 0.4) is 0 Å². The maximum Gasteiger partial charge on any atom is 0.229 e. The summed E-state index contributed by atoms with van der Waals surface area (Å²) in [5, 5.41) is 57.7. The van der Waals surface area contributed by atoms with Crippen LogP contribution in [-0.2, 0) is 4.74 Å². The average Bonchev–Trinajstić information content (AvgIpc) is 2.67. The van der Waals surface area contributed by atoms with Crippen molar-refractivity contribution in [2.75, 3.05) is 6.61 Å². The Labute approximate surface area is 161 Å². The molecule has 1 saturated heterocycles. The highest BCUT2D eigenvalue weighted by Gasteiger charge is 2.44. The van der Waals surface area contributed by atoms with Crippen LogP contribution in [0.5, 0.6) is 17.2 Å². The Hall–Kier alpha value is -2.62. The van der Waals surface area contributed by atoms with E-state index in [1.54, 1.807) is 36.4 Å². The van der Waals surface area contributed by atoms with Gasteiger partial charge in [-0.15, -0.1) is 0 Å². The van der Waals surface area contributed by atoms with E-state index in [4.69, 9.17) is 9.47 Å². The fourth-order valence-corrected chi connectivity index (χ4v) is 2.86. The number of phenolic OH excluding ortho intramolecular Hbond substituents is 2. The lowest BCUT2D eigenvalue weighted by molar-refractivity contribution is -0.277. The largest absolute Gasteiger partial charge is 0.508 e. The fourth-order valence-electron chi connectivity index (χ4n) is 2.86. The minimum atomic E-state index is -1.50. The minimum absolute atomic E-state index is 0.0390. The number of aromatic hydroxyl groups is 2. The summed E-state index contributed by atoms with van der Waals surface area (Å²) >= 11 is 0. The highest BCUT2D eigenvalue weighted by molar-refractivity contribution is 5.71. The Balaban J connectivity index is 1.66. The molecule has 3 unspecified atom stereocenters. The van der Waals surface area contributed by atoms with Crippen LogP contribution in [-0.4, -0.2) is 68.0 Å². The molecule has 8 heteroatoms. The van der Waals surface area contributed by atoms with Crippen molar-refractivity contribution < 1.29 is 40.1 Å². The summed E-state index contributed by atoms with van der Waals surface area (Å²) < 4.78 is 10.8. The Morgan fingerprint density at radius 3 is 2.04 bits per heavy atom. The molecule has 28 heavy (non-hydrogen) atoms. The zero-order chi connectivity index (χ0) is 20.3. The monoisotopic (exact) mass is 390 g/mol.